The molecule has 0 radical (unpaired) electrons. The van der Waals surface area contributed by atoms with Gasteiger partial charge in [-0.05, 0) is 19.9 Å². The van der Waals surface area contributed by atoms with E-state index in [1.807, 2.05) is 0 Å². The number of hydrogen-bond acceptors (Lipinski definition) is 5. The summed E-state index contributed by atoms with van der Waals surface area (Å²) < 4.78 is 0. The highest BCUT2D eigenvalue weighted by molar-refractivity contribution is 5.96. The van der Waals surface area contributed by atoms with Gasteiger partial charge in [0.1, 0.15) is 5.56 Å². The minimum atomic E-state index is -0.297. The van der Waals surface area contributed by atoms with Gasteiger partial charge in [-0.25, -0.2) is 0 Å². The lowest BCUT2D eigenvalue weighted by Gasteiger charge is -2.36. The summed E-state index contributed by atoms with van der Waals surface area (Å²) in [6.07, 6.45) is 1.41. The number of carbonyl (C=O) groups is 1. The quantitative estimate of drug-likeness (QED) is 0.820. The van der Waals surface area contributed by atoms with Crippen molar-refractivity contribution < 1.29 is 9.90 Å². The van der Waals surface area contributed by atoms with E-state index in [0.29, 0.717) is 19.1 Å². The molecule has 6 nitrogen and oxygen atoms in total. The van der Waals surface area contributed by atoms with Crippen LogP contribution in [-0.4, -0.2) is 63.2 Å². The Bertz CT molecular complexity index is 428. The fourth-order valence-corrected chi connectivity index (χ4v) is 2.10. The van der Waals surface area contributed by atoms with Crippen LogP contribution in [0, 0.1) is 0 Å². The molecule has 2 heterocycles. The summed E-state index contributed by atoms with van der Waals surface area (Å²) in [5, 5.41) is 16.5. The number of piperazine rings is 1. The summed E-state index contributed by atoms with van der Waals surface area (Å²) in [4.78, 5) is 16.3. The van der Waals surface area contributed by atoms with Gasteiger partial charge in [0.25, 0.3) is 5.91 Å². The van der Waals surface area contributed by atoms with Crippen LogP contribution < -0.4 is 0 Å². The van der Waals surface area contributed by atoms with Gasteiger partial charge in [-0.1, -0.05) is 0 Å². The van der Waals surface area contributed by atoms with Gasteiger partial charge in [-0.2, -0.15) is 5.10 Å². The zero-order valence-electron chi connectivity index (χ0n) is 10.7. The van der Waals surface area contributed by atoms with Crippen LogP contribution in [-0.2, 0) is 0 Å². The van der Waals surface area contributed by atoms with E-state index >= 15 is 0 Å². The van der Waals surface area contributed by atoms with Gasteiger partial charge in [0, 0.05) is 32.2 Å². The fraction of sp³-hybridized carbons (Fsp3) is 0.583. The molecule has 1 aliphatic rings. The van der Waals surface area contributed by atoms with Crippen molar-refractivity contribution in [3.05, 3.63) is 17.8 Å². The van der Waals surface area contributed by atoms with E-state index in [1.165, 1.54) is 12.3 Å². The summed E-state index contributed by atoms with van der Waals surface area (Å²) >= 11 is 0. The monoisotopic (exact) mass is 250 g/mol. The molecular weight excluding hydrogens is 232 g/mol. The Labute approximate surface area is 106 Å². The van der Waals surface area contributed by atoms with E-state index in [-0.39, 0.29) is 17.4 Å². The molecule has 0 spiro atoms. The van der Waals surface area contributed by atoms with Gasteiger partial charge in [0.2, 0.25) is 5.88 Å². The molecule has 1 aliphatic heterocycles. The van der Waals surface area contributed by atoms with Crippen LogP contribution in [0.1, 0.15) is 24.2 Å². The average molecular weight is 250 g/mol. The van der Waals surface area contributed by atoms with Gasteiger partial charge in [0.15, 0.2) is 0 Å². The molecule has 0 aromatic carbocycles. The molecule has 0 aliphatic carbocycles. The van der Waals surface area contributed by atoms with Gasteiger partial charge in [-0.15, -0.1) is 5.10 Å². The second kappa shape index (κ2) is 5.30. The van der Waals surface area contributed by atoms with Crippen molar-refractivity contribution in [3.8, 4) is 5.88 Å². The molecule has 0 saturated carbocycles. The molecular formula is C12H18N4O2. The molecule has 0 bridgehead atoms. The standard InChI is InChI=1S/C12H18N4O2/c1-9(2)15-5-7-16(8-6-15)12(18)10-3-4-13-14-11(10)17/h3-4,9H,5-8H2,1-2H3,(H,14,17). The maximum Gasteiger partial charge on any atom is 0.259 e. The number of amides is 1. The highest BCUT2D eigenvalue weighted by Gasteiger charge is 2.25. The van der Waals surface area contributed by atoms with Crippen LogP contribution in [0.25, 0.3) is 0 Å². The number of aromatic nitrogens is 2. The van der Waals surface area contributed by atoms with E-state index in [4.69, 9.17) is 0 Å². The van der Waals surface area contributed by atoms with Crippen molar-refractivity contribution in [1.29, 1.82) is 0 Å². The second-order valence-corrected chi connectivity index (χ2v) is 4.69. The number of hydrogen-bond donors (Lipinski definition) is 1. The van der Waals surface area contributed by atoms with E-state index < -0.39 is 0 Å². The minimum absolute atomic E-state index is 0.175. The lowest BCUT2D eigenvalue weighted by atomic mass is 10.2. The first kappa shape index (κ1) is 12.8. The first-order valence-corrected chi connectivity index (χ1v) is 6.13. The third-order valence-corrected chi connectivity index (χ3v) is 3.26. The van der Waals surface area contributed by atoms with Crippen LogP contribution >= 0.6 is 0 Å². The summed E-state index contributed by atoms with van der Waals surface area (Å²) in [5.41, 5.74) is 0.225. The average Bonchev–Trinajstić information content (AvgIpc) is 2.38. The Morgan fingerprint density at radius 1 is 1.33 bits per heavy atom. The predicted molar refractivity (Wildman–Crippen MR) is 66.3 cm³/mol. The zero-order valence-corrected chi connectivity index (χ0v) is 10.7. The molecule has 1 amide bonds. The molecule has 1 N–H and O–H groups in total. The van der Waals surface area contributed by atoms with Crippen molar-refractivity contribution in [1.82, 2.24) is 20.0 Å². The third kappa shape index (κ3) is 2.59. The molecule has 1 aromatic heterocycles. The summed E-state index contributed by atoms with van der Waals surface area (Å²) in [7, 11) is 0. The van der Waals surface area contributed by atoms with Gasteiger partial charge < -0.3 is 10.0 Å². The van der Waals surface area contributed by atoms with E-state index in [9.17, 15) is 9.90 Å². The lowest BCUT2D eigenvalue weighted by Crippen LogP contribution is -2.50. The molecule has 0 unspecified atom stereocenters. The van der Waals surface area contributed by atoms with Crippen molar-refractivity contribution in [2.24, 2.45) is 0 Å². The highest BCUT2D eigenvalue weighted by atomic mass is 16.3. The van der Waals surface area contributed by atoms with Crippen LogP contribution in [0.4, 0.5) is 0 Å². The molecule has 1 aromatic rings. The number of carbonyl (C=O) groups excluding carboxylic acids is 1. The van der Waals surface area contributed by atoms with Crippen LogP contribution in [0.15, 0.2) is 12.3 Å². The predicted octanol–water partition coefficient (Wildman–Crippen LogP) is 0.348. The maximum atomic E-state index is 12.2. The Morgan fingerprint density at radius 2 is 2.00 bits per heavy atom. The molecule has 18 heavy (non-hydrogen) atoms. The van der Waals surface area contributed by atoms with Crippen molar-refractivity contribution in [2.75, 3.05) is 26.2 Å². The molecule has 1 saturated heterocycles. The first-order valence-electron chi connectivity index (χ1n) is 6.13. The van der Waals surface area contributed by atoms with Crippen molar-refractivity contribution in [2.45, 2.75) is 19.9 Å². The Kier molecular flexibility index (Phi) is 3.76. The van der Waals surface area contributed by atoms with E-state index in [0.717, 1.165) is 13.1 Å². The number of rotatable bonds is 2. The summed E-state index contributed by atoms with van der Waals surface area (Å²) in [5.74, 6) is -0.473. The first-order chi connectivity index (χ1) is 8.59. The Morgan fingerprint density at radius 3 is 2.56 bits per heavy atom. The Hall–Kier alpha value is -1.69. The van der Waals surface area contributed by atoms with E-state index in [2.05, 4.69) is 28.9 Å². The molecule has 2 rings (SSSR count). The zero-order chi connectivity index (χ0) is 13.1. The third-order valence-electron chi connectivity index (χ3n) is 3.26. The summed E-state index contributed by atoms with van der Waals surface area (Å²) in [6, 6.07) is 2.00. The largest absolute Gasteiger partial charge is 0.492 e. The van der Waals surface area contributed by atoms with Crippen LogP contribution in [0.3, 0.4) is 0 Å². The van der Waals surface area contributed by atoms with Gasteiger partial charge >= 0.3 is 0 Å². The smallest absolute Gasteiger partial charge is 0.259 e. The van der Waals surface area contributed by atoms with Gasteiger partial charge in [0.05, 0.1) is 6.20 Å². The van der Waals surface area contributed by atoms with Crippen LogP contribution in [0.5, 0.6) is 5.88 Å². The second-order valence-electron chi connectivity index (χ2n) is 4.69. The fourth-order valence-electron chi connectivity index (χ4n) is 2.10. The number of aromatic hydroxyl groups is 1. The number of nitrogens with zero attached hydrogens (tertiary/aromatic N) is 4. The van der Waals surface area contributed by atoms with Gasteiger partial charge in [-0.3, -0.25) is 9.69 Å². The normalized spacial score (nSPS) is 17.2. The topological polar surface area (TPSA) is 69.6 Å². The lowest BCUT2D eigenvalue weighted by molar-refractivity contribution is 0.0591. The maximum absolute atomic E-state index is 12.2. The molecule has 6 heteroatoms. The Balaban J connectivity index is 2.02. The van der Waals surface area contributed by atoms with Crippen molar-refractivity contribution >= 4 is 5.91 Å². The summed E-state index contributed by atoms with van der Waals surface area (Å²) in [6.45, 7) is 7.38. The minimum Gasteiger partial charge on any atom is -0.492 e. The molecule has 0 atom stereocenters. The van der Waals surface area contributed by atoms with Crippen molar-refractivity contribution in [3.63, 3.8) is 0 Å². The van der Waals surface area contributed by atoms with E-state index in [1.54, 1.807) is 4.90 Å². The molecule has 1 fully saturated rings. The SMILES string of the molecule is CC(C)N1CCN(C(=O)c2ccnnc2O)CC1. The van der Waals surface area contributed by atoms with Crippen LogP contribution in [0.2, 0.25) is 0 Å². The highest BCUT2D eigenvalue weighted by Crippen LogP contribution is 2.15. The molecule has 98 valence electrons.